The summed E-state index contributed by atoms with van der Waals surface area (Å²) in [7, 11) is 0. The zero-order chi connectivity index (χ0) is 9.26. The first-order chi connectivity index (χ1) is 6.33. The Morgan fingerprint density at radius 3 is 3.23 bits per heavy atom. The molecule has 0 saturated heterocycles. The van der Waals surface area contributed by atoms with E-state index in [2.05, 4.69) is 18.0 Å². The molecule has 1 heterocycles. The maximum Gasteiger partial charge on any atom is 0.1000 e. The monoisotopic (exact) mass is 175 g/mol. The number of allylic oxidation sites excluding steroid dienone is 1. The van der Waals surface area contributed by atoms with Crippen LogP contribution in [-0.4, -0.2) is 10.1 Å². The summed E-state index contributed by atoms with van der Waals surface area (Å²) < 4.78 is 0. The minimum Gasteiger partial charge on any atom is -0.386 e. The van der Waals surface area contributed by atoms with E-state index in [1.807, 2.05) is 12.1 Å². The molecule has 0 bridgehead atoms. The average molecular weight is 175 g/mol. The summed E-state index contributed by atoms with van der Waals surface area (Å²) >= 11 is 0. The predicted octanol–water partition coefficient (Wildman–Crippen LogP) is 2.31. The Labute approximate surface area is 77.9 Å². The van der Waals surface area contributed by atoms with Crippen LogP contribution in [0.2, 0.25) is 0 Å². The Bertz CT molecular complexity index is 344. The van der Waals surface area contributed by atoms with Gasteiger partial charge in [-0.25, -0.2) is 0 Å². The summed E-state index contributed by atoms with van der Waals surface area (Å²) in [4.78, 5) is 4.21. The maximum atomic E-state index is 9.67. The van der Waals surface area contributed by atoms with E-state index in [-0.39, 0.29) is 0 Å². The Balaban J connectivity index is 2.52. The van der Waals surface area contributed by atoms with Crippen molar-refractivity contribution in [3.63, 3.8) is 0 Å². The van der Waals surface area contributed by atoms with E-state index < -0.39 is 6.10 Å². The number of rotatable bonds is 1. The van der Waals surface area contributed by atoms with Crippen LogP contribution in [-0.2, 0) is 0 Å². The Hall–Kier alpha value is -1.15. The molecule has 0 radical (unpaired) electrons. The van der Waals surface area contributed by atoms with E-state index >= 15 is 0 Å². The lowest BCUT2D eigenvalue weighted by Crippen LogP contribution is -2.08. The van der Waals surface area contributed by atoms with Gasteiger partial charge in [-0.15, -0.1) is 0 Å². The molecule has 0 fully saturated rings. The first-order valence-corrected chi connectivity index (χ1v) is 4.65. The fraction of sp³-hybridized carbons (Fsp3) is 0.364. The van der Waals surface area contributed by atoms with Gasteiger partial charge in [0.1, 0.15) is 0 Å². The molecule has 1 aromatic heterocycles. The van der Waals surface area contributed by atoms with Gasteiger partial charge in [0.25, 0.3) is 0 Å². The highest BCUT2D eigenvalue weighted by atomic mass is 16.3. The molecule has 1 aromatic rings. The van der Waals surface area contributed by atoms with Crippen LogP contribution in [0.5, 0.6) is 0 Å². The van der Waals surface area contributed by atoms with Crippen LogP contribution in [0.1, 0.15) is 37.1 Å². The molecule has 2 heteroatoms. The molecule has 13 heavy (non-hydrogen) atoms. The highest BCUT2D eigenvalue weighted by Gasteiger charge is 2.18. The first-order valence-electron chi connectivity index (χ1n) is 4.65. The summed E-state index contributed by atoms with van der Waals surface area (Å²) in [6, 6.07) is 3.94. The Kier molecular flexibility index (Phi) is 2.15. The van der Waals surface area contributed by atoms with Crippen molar-refractivity contribution in [1.82, 2.24) is 4.98 Å². The lowest BCUT2D eigenvalue weighted by molar-refractivity contribution is 0.174. The van der Waals surface area contributed by atoms with Crippen LogP contribution in [0.3, 0.4) is 0 Å². The van der Waals surface area contributed by atoms with Crippen molar-refractivity contribution < 1.29 is 5.11 Å². The van der Waals surface area contributed by atoms with E-state index in [0.717, 1.165) is 17.7 Å². The zero-order valence-corrected chi connectivity index (χ0v) is 7.70. The fourth-order valence-corrected chi connectivity index (χ4v) is 1.76. The number of pyridine rings is 1. The maximum absolute atomic E-state index is 9.67. The van der Waals surface area contributed by atoms with Gasteiger partial charge in [-0.05, 0) is 24.5 Å². The van der Waals surface area contributed by atoms with Crippen LogP contribution in [0.4, 0.5) is 0 Å². The molecule has 0 amide bonds. The number of hydrogen-bond acceptors (Lipinski definition) is 2. The van der Waals surface area contributed by atoms with Gasteiger partial charge in [-0.3, -0.25) is 4.98 Å². The molecule has 1 aliphatic rings. The second-order valence-electron chi connectivity index (χ2n) is 3.27. The van der Waals surface area contributed by atoms with Gasteiger partial charge in [0.15, 0.2) is 0 Å². The van der Waals surface area contributed by atoms with Gasteiger partial charge >= 0.3 is 0 Å². The minimum atomic E-state index is -0.411. The summed E-state index contributed by atoms with van der Waals surface area (Å²) in [5, 5.41) is 9.67. The van der Waals surface area contributed by atoms with Crippen LogP contribution < -0.4 is 0 Å². The summed E-state index contributed by atoms with van der Waals surface area (Å²) in [6.07, 6.45) is 5.14. The molecule has 2 nitrogen and oxygen atoms in total. The minimum absolute atomic E-state index is 0.411. The molecule has 0 unspecified atom stereocenters. The van der Waals surface area contributed by atoms with Crippen LogP contribution in [0.25, 0.3) is 5.57 Å². The quantitative estimate of drug-likeness (QED) is 0.710. The van der Waals surface area contributed by atoms with Gasteiger partial charge in [0, 0.05) is 11.8 Å². The van der Waals surface area contributed by atoms with Crippen molar-refractivity contribution in [2.24, 2.45) is 0 Å². The van der Waals surface area contributed by atoms with Crippen molar-refractivity contribution in [1.29, 1.82) is 0 Å². The van der Waals surface area contributed by atoms with E-state index in [9.17, 15) is 5.11 Å². The summed E-state index contributed by atoms with van der Waals surface area (Å²) in [5.41, 5.74) is 3.25. The smallest absolute Gasteiger partial charge is 0.1000 e. The van der Waals surface area contributed by atoms with E-state index in [1.54, 1.807) is 6.20 Å². The molecule has 0 aromatic carbocycles. The molecule has 0 saturated carbocycles. The predicted molar refractivity (Wildman–Crippen MR) is 52.1 cm³/mol. The third-order valence-electron chi connectivity index (χ3n) is 2.47. The summed E-state index contributed by atoms with van der Waals surface area (Å²) in [6.45, 7) is 2.13. The number of fused-ring (bicyclic) bond motifs is 1. The average Bonchev–Trinajstić information content (AvgIpc) is 2.19. The molecule has 68 valence electrons. The van der Waals surface area contributed by atoms with Gasteiger partial charge in [-0.2, -0.15) is 0 Å². The Morgan fingerprint density at radius 1 is 1.62 bits per heavy atom. The van der Waals surface area contributed by atoms with Crippen molar-refractivity contribution in [3.05, 3.63) is 35.7 Å². The van der Waals surface area contributed by atoms with Crippen LogP contribution in [0, 0.1) is 0 Å². The van der Waals surface area contributed by atoms with Gasteiger partial charge in [0.2, 0.25) is 0 Å². The third-order valence-corrected chi connectivity index (χ3v) is 2.47. The molecule has 0 spiro atoms. The second kappa shape index (κ2) is 3.30. The molecule has 1 atom stereocenters. The normalized spacial score (nSPS) is 20.8. The van der Waals surface area contributed by atoms with Gasteiger partial charge < -0.3 is 5.11 Å². The highest BCUT2D eigenvalue weighted by Crippen LogP contribution is 2.32. The van der Waals surface area contributed by atoms with Crippen molar-refractivity contribution in [3.8, 4) is 0 Å². The number of aromatic nitrogens is 1. The number of aliphatic hydroxyl groups is 1. The summed E-state index contributed by atoms with van der Waals surface area (Å²) in [5.74, 6) is 0. The Morgan fingerprint density at radius 2 is 2.46 bits per heavy atom. The molecule has 1 aliphatic carbocycles. The number of aliphatic hydroxyl groups excluding tert-OH is 1. The van der Waals surface area contributed by atoms with Crippen molar-refractivity contribution >= 4 is 5.57 Å². The topological polar surface area (TPSA) is 33.1 Å². The number of nitrogens with zero attached hydrogens (tertiary/aromatic N) is 1. The standard InChI is InChI=1S/C11H13NO/c1-2-8-5-6-10(13)11-9(8)4-3-7-12-11/h3-5,7,10,13H,2,6H2,1H3/t10-/m0/s1. The fourth-order valence-electron chi connectivity index (χ4n) is 1.76. The van der Waals surface area contributed by atoms with Crippen LogP contribution >= 0.6 is 0 Å². The van der Waals surface area contributed by atoms with E-state index in [4.69, 9.17) is 0 Å². The third kappa shape index (κ3) is 1.38. The zero-order valence-electron chi connectivity index (χ0n) is 7.70. The first kappa shape index (κ1) is 8.45. The highest BCUT2D eigenvalue weighted by molar-refractivity contribution is 5.69. The van der Waals surface area contributed by atoms with Gasteiger partial charge in [-0.1, -0.05) is 19.1 Å². The number of hydrogen-bond donors (Lipinski definition) is 1. The second-order valence-corrected chi connectivity index (χ2v) is 3.27. The molecular formula is C11H13NO. The largest absolute Gasteiger partial charge is 0.386 e. The van der Waals surface area contributed by atoms with Crippen molar-refractivity contribution in [2.45, 2.75) is 25.9 Å². The van der Waals surface area contributed by atoms with Crippen LogP contribution in [0.15, 0.2) is 24.4 Å². The molecule has 2 rings (SSSR count). The molecule has 0 aliphatic heterocycles. The van der Waals surface area contributed by atoms with Gasteiger partial charge in [0.05, 0.1) is 11.8 Å². The SMILES string of the molecule is CCC1=CC[C@H](O)c2ncccc21. The molecule has 1 N–H and O–H groups in total. The van der Waals surface area contributed by atoms with Crippen molar-refractivity contribution in [2.75, 3.05) is 0 Å². The van der Waals surface area contributed by atoms with E-state index in [1.165, 1.54) is 5.57 Å². The lowest BCUT2D eigenvalue weighted by Gasteiger charge is -2.19. The van der Waals surface area contributed by atoms with E-state index in [0.29, 0.717) is 6.42 Å². The lowest BCUT2D eigenvalue weighted by atomic mass is 9.92. The molecular weight excluding hydrogens is 162 g/mol.